The smallest absolute Gasteiger partial charge is 0.445 e. The summed E-state index contributed by atoms with van der Waals surface area (Å²) in [5.74, 6) is -1.73. The highest BCUT2D eigenvalue weighted by Crippen LogP contribution is 2.33. The van der Waals surface area contributed by atoms with E-state index in [1.54, 1.807) is 0 Å². The Hall–Kier alpha value is -3.37. The van der Waals surface area contributed by atoms with Gasteiger partial charge in [-0.25, -0.2) is 4.79 Å². The number of carbonyl (C=O) groups excluding carboxylic acids is 3. The lowest BCUT2D eigenvalue weighted by atomic mass is 9.76. The Kier molecular flexibility index (Phi) is 10.5. The van der Waals surface area contributed by atoms with Crippen molar-refractivity contribution < 1.29 is 29.2 Å². The molecule has 1 aliphatic rings. The first-order chi connectivity index (χ1) is 17.7. The molecule has 37 heavy (non-hydrogen) atoms. The highest BCUT2D eigenvalue weighted by molar-refractivity contribution is 6.44. The summed E-state index contributed by atoms with van der Waals surface area (Å²) in [5, 5.41) is 27.5. The van der Waals surface area contributed by atoms with Gasteiger partial charge in [-0.2, -0.15) is 0 Å². The molecule has 3 amide bonds. The van der Waals surface area contributed by atoms with E-state index in [-0.39, 0.29) is 24.9 Å². The number of hydrogen-bond donors (Lipinski definition) is 5. The molecule has 1 aliphatic carbocycles. The van der Waals surface area contributed by atoms with Crippen LogP contribution in [0.15, 0.2) is 60.7 Å². The van der Waals surface area contributed by atoms with Gasteiger partial charge in [0, 0.05) is 6.42 Å². The molecule has 10 heteroatoms. The second-order valence-corrected chi connectivity index (χ2v) is 9.92. The van der Waals surface area contributed by atoms with Crippen molar-refractivity contribution in [1.82, 2.24) is 16.0 Å². The standard InChI is InChI=1S/C27H36BN3O6/c1-18(2)15-22(26(33)31-24(28(35)36)21-13-14-21)29-25(32)23(16-19-9-5-3-6-10-19)30-27(34)37-17-20-11-7-4-8-12-20/h3-12,18,21-24,35-36H,13-17H2,1-2H3,(H,29,32)(H,30,34)(H,31,33)/t22-,23?,24-/m0/s1. The molecule has 0 radical (unpaired) electrons. The highest BCUT2D eigenvalue weighted by atomic mass is 16.5. The van der Waals surface area contributed by atoms with Crippen molar-refractivity contribution in [3.63, 3.8) is 0 Å². The summed E-state index contributed by atoms with van der Waals surface area (Å²) < 4.78 is 5.31. The van der Waals surface area contributed by atoms with Crippen LogP contribution >= 0.6 is 0 Å². The first-order valence-corrected chi connectivity index (χ1v) is 12.7. The fourth-order valence-corrected chi connectivity index (χ4v) is 4.10. The molecule has 0 heterocycles. The molecule has 5 N–H and O–H groups in total. The van der Waals surface area contributed by atoms with E-state index in [0.29, 0.717) is 6.42 Å². The van der Waals surface area contributed by atoms with Crippen LogP contribution in [0.3, 0.4) is 0 Å². The van der Waals surface area contributed by atoms with Gasteiger partial charge in [-0.05, 0) is 42.2 Å². The molecule has 3 rings (SSSR count). The van der Waals surface area contributed by atoms with Crippen molar-refractivity contribution >= 4 is 25.0 Å². The van der Waals surface area contributed by atoms with Crippen molar-refractivity contribution in [2.45, 2.75) is 64.2 Å². The van der Waals surface area contributed by atoms with Gasteiger partial charge in [0.15, 0.2) is 0 Å². The van der Waals surface area contributed by atoms with Crippen LogP contribution in [0, 0.1) is 11.8 Å². The molecule has 0 bridgehead atoms. The third-order valence-electron chi connectivity index (χ3n) is 6.20. The maximum Gasteiger partial charge on any atom is 0.475 e. The zero-order valence-corrected chi connectivity index (χ0v) is 21.3. The second-order valence-electron chi connectivity index (χ2n) is 9.92. The predicted molar refractivity (Wildman–Crippen MR) is 140 cm³/mol. The van der Waals surface area contributed by atoms with E-state index in [9.17, 15) is 24.4 Å². The van der Waals surface area contributed by atoms with Crippen molar-refractivity contribution in [3.05, 3.63) is 71.8 Å². The highest BCUT2D eigenvalue weighted by Gasteiger charge is 2.41. The third-order valence-corrected chi connectivity index (χ3v) is 6.20. The van der Waals surface area contributed by atoms with E-state index in [1.807, 2.05) is 74.5 Å². The minimum atomic E-state index is -1.68. The summed E-state index contributed by atoms with van der Waals surface area (Å²) in [5.41, 5.74) is 1.64. The van der Waals surface area contributed by atoms with Crippen molar-refractivity contribution in [3.8, 4) is 0 Å². The van der Waals surface area contributed by atoms with Crippen molar-refractivity contribution in [2.24, 2.45) is 11.8 Å². The molecule has 1 fully saturated rings. The average Bonchev–Trinajstić information content (AvgIpc) is 3.71. The Balaban J connectivity index is 1.69. The topological polar surface area (TPSA) is 137 Å². The van der Waals surface area contributed by atoms with Crippen LogP contribution in [-0.4, -0.2) is 53.1 Å². The fourth-order valence-electron chi connectivity index (χ4n) is 4.10. The molecule has 198 valence electrons. The molecule has 2 aromatic rings. The van der Waals surface area contributed by atoms with Crippen LogP contribution < -0.4 is 16.0 Å². The van der Waals surface area contributed by atoms with Gasteiger partial charge in [0.05, 0.1) is 5.94 Å². The number of hydrogen-bond acceptors (Lipinski definition) is 6. The average molecular weight is 509 g/mol. The van der Waals surface area contributed by atoms with Gasteiger partial charge in [0.25, 0.3) is 0 Å². The Morgan fingerprint density at radius 2 is 1.43 bits per heavy atom. The van der Waals surface area contributed by atoms with Gasteiger partial charge in [-0.15, -0.1) is 0 Å². The molecule has 0 spiro atoms. The Bertz CT molecular complexity index is 1020. The lowest BCUT2D eigenvalue weighted by Gasteiger charge is -2.26. The summed E-state index contributed by atoms with van der Waals surface area (Å²) >= 11 is 0. The Morgan fingerprint density at radius 3 is 1.97 bits per heavy atom. The largest absolute Gasteiger partial charge is 0.475 e. The first kappa shape index (κ1) is 28.2. The quantitative estimate of drug-likeness (QED) is 0.262. The SMILES string of the molecule is CC(C)C[C@H](NC(=O)C(Cc1ccccc1)NC(=O)OCc1ccccc1)C(=O)N[C@H](B(O)O)C1CC1. The van der Waals surface area contributed by atoms with E-state index in [2.05, 4.69) is 16.0 Å². The third kappa shape index (κ3) is 9.55. The summed E-state index contributed by atoms with van der Waals surface area (Å²) in [7, 11) is -1.68. The van der Waals surface area contributed by atoms with Crippen LogP contribution in [0.25, 0.3) is 0 Å². The van der Waals surface area contributed by atoms with Crippen LogP contribution in [0.4, 0.5) is 4.79 Å². The minimum absolute atomic E-state index is 0.00577. The molecular formula is C27H36BN3O6. The van der Waals surface area contributed by atoms with Crippen molar-refractivity contribution in [1.29, 1.82) is 0 Å². The van der Waals surface area contributed by atoms with E-state index in [4.69, 9.17) is 4.74 Å². The number of nitrogens with one attached hydrogen (secondary N) is 3. The number of benzene rings is 2. The van der Waals surface area contributed by atoms with Gasteiger partial charge >= 0.3 is 13.2 Å². The number of amides is 3. The van der Waals surface area contributed by atoms with Gasteiger partial charge in [-0.3, -0.25) is 9.59 Å². The van der Waals surface area contributed by atoms with Gasteiger partial charge in [-0.1, -0.05) is 74.5 Å². The second kappa shape index (κ2) is 13.8. The van der Waals surface area contributed by atoms with Crippen LogP contribution in [0.1, 0.15) is 44.2 Å². The van der Waals surface area contributed by atoms with Crippen LogP contribution in [0.2, 0.25) is 0 Å². The summed E-state index contributed by atoms with van der Waals surface area (Å²) in [6, 6.07) is 16.5. The zero-order valence-electron chi connectivity index (χ0n) is 21.3. The molecule has 3 atom stereocenters. The first-order valence-electron chi connectivity index (χ1n) is 12.7. The summed E-state index contributed by atoms with van der Waals surface area (Å²) in [6.07, 6.45) is 1.40. The zero-order chi connectivity index (χ0) is 26.8. The Morgan fingerprint density at radius 1 is 0.865 bits per heavy atom. The molecule has 2 aromatic carbocycles. The summed E-state index contributed by atoms with van der Waals surface area (Å²) in [4.78, 5) is 39.0. The van der Waals surface area contributed by atoms with E-state index in [1.165, 1.54) is 0 Å². The minimum Gasteiger partial charge on any atom is -0.445 e. The number of rotatable bonds is 13. The molecule has 9 nitrogen and oxygen atoms in total. The van der Waals surface area contributed by atoms with E-state index < -0.39 is 43.1 Å². The Labute approximate surface area is 218 Å². The van der Waals surface area contributed by atoms with Crippen LogP contribution in [-0.2, 0) is 27.4 Å². The van der Waals surface area contributed by atoms with E-state index in [0.717, 1.165) is 24.0 Å². The molecule has 0 saturated heterocycles. The summed E-state index contributed by atoms with van der Waals surface area (Å²) in [6.45, 7) is 3.90. The predicted octanol–water partition coefficient (Wildman–Crippen LogP) is 1.96. The van der Waals surface area contributed by atoms with Crippen molar-refractivity contribution in [2.75, 3.05) is 0 Å². The lowest BCUT2D eigenvalue weighted by molar-refractivity contribution is -0.130. The van der Waals surface area contributed by atoms with Gasteiger partial charge < -0.3 is 30.7 Å². The molecule has 0 aliphatic heterocycles. The fraction of sp³-hybridized carbons (Fsp3) is 0.444. The molecule has 1 unspecified atom stereocenters. The number of carbonyl (C=O) groups is 3. The molecule has 1 saturated carbocycles. The molecular weight excluding hydrogens is 473 g/mol. The normalized spacial score (nSPS) is 15.3. The van der Waals surface area contributed by atoms with E-state index >= 15 is 0 Å². The van der Waals surface area contributed by atoms with Crippen LogP contribution in [0.5, 0.6) is 0 Å². The van der Waals surface area contributed by atoms with Gasteiger partial charge in [0.2, 0.25) is 11.8 Å². The number of alkyl carbamates (subject to hydrolysis) is 1. The maximum absolute atomic E-state index is 13.4. The maximum atomic E-state index is 13.4. The number of ether oxygens (including phenoxy) is 1. The monoisotopic (exact) mass is 509 g/mol. The lowest BCUT2D eigenvalue weighted by Crippen LogP contribution is -2.58. The molecule has 0 aromatic heterocycles. The van der Waals surface area contributed by atoms with Gasteiger partial charge in [0.1, 0.15) is 18.7 Å².